The standard InChI is InChI=1S/C9H11N5O/c15-7-3-4-13(5-7)9-2-1-8-11-10-6-14(8)12-9/h1-2,6-7,15H,3-5H2/t7-/m1/s1. The molecule has 6 nitrogen and oxygen atoms in total. The minimum absolute atomic E-state index is 0.233. The van der Waals surface area contributed by atoms with Crippen LogP contribution in [-0.2, 0) is 0 Å². The van der Waals surface area contributed by atoms with Crippen molar-refractivity contribution in [1.82, 2.24) is 19.8 Å². The lowest BCUT2D eigenvalue weighted by Crippen LogP contribution is -2.22. The van der Waals surface area contributed by atoms with Crippen LogP contribution in [0.15, 0.2) is 18.5 Å². The highest BCUT2D eigenvalue weighted by atomic mass is 16.3. The Labute approximate surface area is 86.2 Å². The quantitative estimate of drug-likeness (QED) is 0.692. The first kappa shape index (κ1) is 8.60. The van der Waals surface area contributed by atoms with E-state index in [2.05, 4.69) is 20.2 Å². The summed E-state index contributed by atoms with van der Waals surface area (Å²) in [4.78, 5) is 2.06. The minimum atomic E-state index is -0.233. The zero-order valence-electron chi connectivity index (χ0n) is 8.11. The molecule has 6 heteroatoms. The Morgan fingerprint density at radius 3 is 3.13 bits per heavy atom. The van der Waals surface area contributed by atoms with E-state index in [1.165, 1.54) is 0 Å². The molecule has 0 saturated carbocycles. The number of anilines is 1. The van der Waals surface area contributed by atoms with Crippen molar-refractivity contribution in [2.24, 2.45) is 0 Å². The Bertz CT molecular complexity index is 482. The number of rotatable bonds is 1. The Kier molecular flexibility index (Phi) is 1.81. The van der Waals surface area contributed by atoms with Crippen LogP contribution in [0.5, 0.6) is 0 Å². The lowest BCUT2D eigenvalue weighted by Gasteiger charge is -2.15. The molecule has 2 aromatic rings. The van der Waals surface area contributed by atoms with Crippen molar-refractivity contribution in [2.45, 2.75) is 12.5 Å². The predicted octanol–water partition coefficient (Wildman–Crippen LogP) is -0.305. The highest BCUT2D eigenvalue weighted by Gasteiger charge is 2.21. The van der Waals surface area contributed by atoms with Gasteiger partial charge >= 0.3 is 0 Å². The van der Waals surface area contributed by atoms with Gasteiger partial charge in [0.25, 0.3) is 0 Å². The van der Waals surface area contributed by atoms with Gasteiger partial charge in [-0.2, -0.15) is 4.52 Å². The molecule has 1 aliphatic rings. The molecular formula is C9H11N5O. The molecule has 1 saturated heterocycles. The van der Waals surface area contributed by atoms with Gasteiger partial charge in [-0.3, -0.25) is 0 Å². The van der Waals surface area contributed by atoms with Gasteiger partial charge in [0.2, 0.25) is 0 Å². The summed E-state index contributed by atoms with van der Waals surface area (Å²) in [6, 6.07) is 3.78. The van der Waals surface area contributed by atoms with Crippen LogP contribution in [0.4, 0.5) is 5.82 Å². The van der Waals surface area contributed by atoms with Crippen LogP contribution in [-0.4, -0.2) is 44.1 Å². The molecule has 1 aliphatic heterocycles. The first-order valence-corrected chi connectivity index (χ1v) is 4.93. The molecule has 0 bridgehead atoms. The summed E-state index contributed by atoms with van der Waals surface area (Å²) in [5.74, 6) is 0.860. The van der Waals surface area contributed by atoms with E-state index in [4.69, 9.17) is 0 Å². The normalized spacial score (nSPS) is 21.4. The van der Waals surface area contributed by atoms with E-state index in [1.54, 1.807) is 10.8 Å². The third-order valence-electron chi connectivity index (χ3n) is 2.63. The number of β-amino-alcohol motifs (C(OH)–C–C–N with tert-alkyl or cyclic N) is 1. The Morgan fingerprint density at radius 2 is 2.33 bits per heavy atom. The fraction of sp³-hybridized carbons (Fsp3) is 0.444. The van der Waals surface area contributed by atoms with Gasteiger partial charge in [-0.1, -0.05) is 0 Å². The third-order valence-corrected chi connectivity index (χ3v) is 2.63. The molecule has 1 atom stereocenters. The molecule has 1 fully saturated rings. The van der Waals surface area contributed by atoms with Gasteiger partial charge < -0.3 is 10.0 Å². The van der Waals surface area contributed by atoms with Gasteiger partial charge in [-0.05, 0) is 18.6 Å². The molecule has 0 unspecified atom stereocenters. The maximum absolute atomic E-state index is 9.43. The van der Waals surface area contributed by atoms with Gasteiger partial charge in [0.05, 0.1) is 6.10 Å². The van der Waals surface area contributed by atoms with Crippen LogP contribution in [0.25, 0.3) is 5.65 Å². The second-order valence-electron chi connectivity index (χ2n) is 3.71. The topological polar surface area (TPSA) is 66.5 Å². The Morgan fingerprint density at radius 1 is 1.40 bits per heavy atom. The lowest BCUT2D eigenvalue weighted by molar-refractivity contribution is 0.198. The van der Waals surface area contributed by atoms with E-state index in [9.17, 15) is 5.11 Å². The molecule has 0 radical (unpaired) electrons. The molecule has 2 aromatic heterocycles. The number of aromatic nitrogens is 4. The van der Waals surface area contributed by atoms with Crippen molar-refractivity contribution in [3.05, 3.63) is 18.5 Å². The summed E-state index contributed by atoms with van der Waals surface area (Å²) in [7, 11) is 0. The van der Waals surface area contributed by atoms with Crippen LogP contribution >= 0.6 is 0 Å². The predicted molar refractivity (Wildman–Crippen MR) is 53.6 cm³/mol. The average Bonchev–Trinajstić information content (AvgIpc) is 2.84. The van der Waals surface area contributed by atoms with Gasteiger partial charge in [0.15, 0.2) is 5.65 Å². The number of aliphatic hydroxyl groups excluding tert-OH is 1. The molecule has 3 rings (SSSR count). The minimum Gasteiger partial charge on any atom is -0.391 e. The zero-order valence-corrected chi connectivity index (χ0v) is 8.11. The molecule has 15 heavy (non-hydrogen) atoms. The largest absolute Gasteiger partial charge is 0.391 e. The van der Waals surface area contributed by atoms with Crippen LogP contribution < -0.4 is 4.90 Å². The summed E-state index contributed by atoms with van der Waals surface area (Å²) in [6.45, 7) is 1.50. The van der Waals surface area contributed by atoms with Gasteiger partial charge in [-0.15, -0.1) is 15.3 Å². The average molecular weight is 205 g/mol. The SMILES string of the molecule is O[C@@H]1CCN(c2ccc3nncn3n2)C1. The molecule has 0 aliphatic carbocycles. The fourth-order valence-corrected chi connectivity index (χ4v) is 1.84. The first-order chi connectivity index (χ1) is 7.33. The smallest absolute Gasteiger partial charge is 0.177 e. The lowest BCUT2D eigenvalue weighted by atomic mass is 10.3. The van der Waals surface area contributed by atoms with E-state index in [0.29, 0.717) is 6.54 Å². The summed E-state index contributed by atoms with van der Waals surface area (Å²) in [6.07, 6.45) is 2.15. The van der Waals surface area contributed by atoms with Gasteiger partial charge in [-0.25, -0.2) is 0 Å². The van der Waals surface area contributed by atoms with Crippen molar-refractivity contribution in [1.29, 1.82) is 0 Å². The third kappa shape index (κ3) is 1.42. The van der Waals surface area contributed by atoms with E-state index in [1.807, 2.05) is 12.1 Å². The van der Waals surface area contributed by atoms with Crippen LogP contribution in [0.2, 0.25) is 0 Å². The van der Waals surface area contributed by atoms with Crippen molar-refractivity contribution in [3.63, 3.8) is 0 Å². The highest BCUT2D eigenvalue weighted by Crippen LogP contribution is 2.17. The van der Waals surface area contributed by atoms with Crippen molar-refractivity contribution in [3.8, 4) is 0 Å². The van der Waals surface area contributed by atoms with Crippen molar-refractivity contribution >= 4 is 11.5 Å². The molecule has 0 amide bonds. The summed E-state index contributed by atoms with van der Waals surface area (Å²) < 4.78 is 1.64. The van der Waals surface area contributed by atoms with Crippen LogP contribution in [0, 0.1) is 0 Å². The van der Waals surface area contributed by atoms with Crippen molar-refractivity contribution in [2.75, 3.05) is 18.0 Å². The molecule has 1 N–H and O–H groups in total. The highest BCUT2D eigenvalue weighted by molar-refractivity contribution is 5.45. The number of hydrogen-bond donors (Lipinski definition) is 1. The molecule has 0 spiro atoms. The van der Waals surface area contributed by atoms with Crippen molar-refractivity contribution < 1.29 is 5.11 Å². The van der Waals surface area contributed by atoms with E-state index < -0.39 is 0 Å². The Hall–Kier alpha value is -1.69. The zero-order chi connectivity index (χ0) is 10.3. The number of fused-ring (bicyclic) bond motifs is 1. The summed E-state index contributed by atoms with van der Waals surface area (Å²) in [5, 5.41) is 21.4. The van der Waals surface area contributed by atoms with E-state index in [0.717, 1.165) is 24.4 Å². The van der Waals surface area contributed by atoms with Gasteiger partial charge in [0.1, 0.15) is 12.1 Å². The molecular weight excluding hydrogens is 194 g/mol. The Balaban J connectivity index is 1.97. The summed E-state index contributed by atoms with van der Waals surface area (Å²) >= 11 is 0. The fourth-order valence-electron chi connectivity index (χ4n) is 1.84. The maximum Gasteiger partial charge on any atom is 0.177 e. The van der Waals surface area contributed by atoms with Crippen LogP contribution in [0.1, 0.15) is 6.42 Å². The molecule has 3 heterocycles. The molecule has 78 valence electrons. The van der Waals surface area contributed by atoms with E-state index in [-0.39, 0.29) is 6.10 Å². The maximum atomic E-state index is 9.43. The number of aliphatic hydroxyl groups is 1. The van der Waals surface area contributed by atoms with Gasteiger partial charge in [0, 0.05) is 13.1 Å². The number of nitrogens with zero attached hydrogens (tertiary/aromatic N) is 5. The monoisotopic (exact) mass is 205 g/mol. The second-order valence-corrected chi connectivity index (χ2v) is 3.71. The summed E-state index contributed by atoms with van der Waals surface area (Å²) in [5.41, 5.74) is 0.735. The second kappa shape index (κ2) is 3.16. The van der Waals surface area contributed by atoms with E-state index >= 15 is 0 Å². The first-order valence-electron chi connectivity index (χ1n) is 4.93. The molecule has 0 aromatic carbocycles. The number of hydrogen-bond acceptors (Lipinski definition) is 5. The van der Waals surface area contributed by atoms with Crippen LogP contribution in [0.3, 0.4) is 0 Å².